The monoisotopic (exact) mass is 198 g/mol. The highest BCUT2D eigenvalue weighted by Crippen LogP contribution is 2.22. The molecule has 0 bridgehead atoms. The molecule has 1 aromatic heterocycles. The Labute approximate surface area is 82.8 Å². The van der Waals surface area contributed by atoms with Crippen LogP contribution in [0.25, 0.3) is 0 Å². The lowest BCUT2D eigenvalue weighted by atomic mass is 10.1. The SMILES string of the molecule is CCC(OC)(OC)C(=O)c1ccco1. The van der Waals surface area contributed by atoms with Crippen LogP contribution < -0.4 is 0 Å². The standard InChI is InChI=1S/C10H14O4/c1-4-10(12-2,13-3)9(11)8-6-5-7-14-8/h5-7H,4H2,1-3H3. The van der Waals surface area contributed by atoms with Crippen molar-refractivity contribution in [3.63, 3.8) is 0 Å². The predicted molar refractivity (Wildman–Crippen MR) is 50.1 cm³/mol. The number of hydrogen-bond acceptors (Lipinski definition) is 4. The molecule has 0 atom stereocenters. The molecule has 0 saturated carbocycles. The highest BCUT2D eigenvalue weighted by molar-refractivity contribution is 5.99. The third kappa shape index (κ3) is 1.71. The van der Waals surface area contributed by atoms with E-state index in [1.54, 1.807) is 12.1 Å². The lowest BCUT2D eigenvalue weighted by Gasteiger charge is -2.26. The van der Waals surface area contributed by atoms with E-state index in [1.807, 2.05) is 6.92 Å². The Morgan fingerprint density at radius 3 is 2.50 bits per heavy atom. The summed E-state index contributed by atoms with van der Waals surface area (Å²) < 4.78 is 15.2. The van der Waals surface area contributed by atoms with Gasteiger partial charge in [-0.2, -0.15) is 0 Å². The summed E-state index contributed by atoms with van der Waals surface area (Å²) in [6.45, 7) is 1.81. The van der Waals surface area contributed by atoms with E-state index in [-0.39, 0.29) is 11.5 Å². The lowest BCUT2D eigenvalue weighted by Crippen LogP contribution is -2.41. The number of ether oxygens (including phenoxy) is 2. The zero-order valence-electron chi connectivity index (χ0n) is 8.57. The second kappa shape index (κ2) is 4.39. The Morgan fingerprint density at radius 2 is 2.14 bits per heavy atom. The van der Waals surface area contributed by atoms with Gasteiger partial charge in [0, 0.05) is 20.6 Å². The molecule has 0 radical (unpaired) electrons. The number of rotatable bonds is 5. The third-order valence-corrected chi connectivity index (χ3v) is 2.22. The molecule has 0 saturated heterocycles. The molecule has 14 heavy (non-hydrogen) atoms. The number of methoxy groups -OCH3 is 2. The molecule has 0 N–H and O–H groups in total. The topological polar surface area (TPSA) is 48.7 Å². The number of hydrogen-bond donors (Lipinski definition) is 0. The minimum atomic E-state index is -1.22. The largest absolute Gasteiger partial charge is 0.461 e. The lowest BCUT2D eigenvalue weighted by molar-refractivity contribution is -0.171. The van der Waals surface area contributed by atoms with Crippen LogP contribution in [-0.2, 0) is 9.47 Å². The molecule has 0 aromatic carbocycles. The second-order valence-electron chi connectivity index (χ2n) is 2.82. The molecule has 0 aliphatic rings. The first-order chi connectivity index (χ1) is 6.70. The van der Waals surface area contributed by atoms with Gasteiger partial charge in [-0.15, -0.1) is 0 Å². The van der Waals surface area contributed by atoms with Gasteiger partial charge < -0.3 is 13.9 Å². The molecule has 4 heteroatoms. The Kier molecular flexibility index (Phi) is 3.43. The fraction of sp³-hybridized carbons (Fsp3) is 0.500. The van der Waals surface area contributed by atoms with Crippen molar-refractivity contribution in [1.82, 2.24) is 0 Å². The molecule has 78 valence electrons. The van der Waals surface area contributed by atoms with Gasteiger partial charge in [0.2, 0.25) is 5.79 Å². The summed E-state index contributed by atoms with van der Waals surface area (Å²) in [7, 11) is 2.88. The molecule has 1 heterocycles. The van der Waals surface area contributed by atoms with Gasteiger partial charge in [-0.3, -0.25) is 4.79 Å². The predicted octanol–water partition coefficient (Wildman–Crippen LogP) is 1.86. The minimum absolute atomic E-state index is 0.246. The van der Waals surface area contributed by atoms with Crippen molar-refractivity contribution in [2.45, 2.75) is 19.1 Å². The molecule has 1 rings (SSSR count). The Bertz CT molecular complexity index is 277. The number of Topliss-reactive ketones (excluding diaryl/α,β-unsaturated/α-hetero) is 1. The van der Waals surface area contributed by atoms with Gasteiger partial charge in [-0.1, -0.05) is 6.92 Å². The van der Waals surface area contributed by atoms with E-state index in [4.69, 9.17) is 13.9 Å². The Hall–Kier alpha value is -1.13. The van der Waals surface area contributed by atoms with Gasteiger partial charge in [0.15, 0.2) is 5.76 Å². The van der Waals surface area contributed by atoms with Gasteiger partial charge in [0.05, 0.1) is 6.26 Å². The van der Waals surface area contributed by atoms with Crippen LogP contribution >= 0.6 is 0 Å². The van der Waals surface area contributed by atoms with Gasteiger partial charge in [0.1, 0.15) is 0 Å². The van der Waals surface area contributed by atoms with Crippen molar-refractivity contribution < 1.29 is 18.7 Å². The van der Waals surface area contributed by atoms with Gasteiger partial charge in [-0.25, -0.2) is 0 Å². The highest BCUT2D eigenvalue weighted by Gasteiger charge is 2.39. The number of ketones is 1. The Morgan fingerprint density at radius 1 is 1.50 bits per heavy atom. The zero-order chi connectivity index (χ0) is 10.6. The molecule has 0 aliphatic heterocycles. The van der Waals surface area contributed by atoms with E-state index in [9.17, 15) is 4.79 Å². The van der Waals surface area contributed by atoms with E-state index < -0.39 is 5.79 Å². The van der Waals surface area contributed by atoms with Crippen LogP contribution in [0.3, 0.4) is 0 Å². The van der Waals surface area contributed by atoms with Crippen molar-refractivity contribution in [3.8, 4) is 0 Å². The van der Waals surface area contributed by atoms with Crippen LogP contribution in [0.15, 0.2) is 22.8 Å². The van der Waals surface area contributed by atoms with Crippen LogP contribution in [0.1, 0.15) is 23.9 Å². The summed E-state index contributed by atoms with van der Waals surface area (Å²) in [5, 5.41) is 0. The molecular weight excluding hydrogens is 184 g/mol. The molecule has 0 unspecified atom stereocenters. The van der Waals surface area contributed by atoms with Crippen LogP contribution in [0.4, 0.5) is 0 Å². The highest BCUT2D eigenvalue weighted by atomic mass is 16.7. The molecule has 0 fully saturated rings. The maximum atomic E-state index is 11.9. The fourth-order valence-corrected chi connectivity index (χ4v) is 1.31. The summed E-state index contributed by atoms with van der Waals surface area (Å²) in [6, 6.07) is 3.24. The van der Waals surface area contributed by atoms with Crippen LogP contribution in [0.2, 0.25) is 0 Å². The first-order valence-electron chi connectivity index (χ1n) is 4.38. The van der Waals surface area contributed by atoms with E-state index in [0.29, 0.717) is 6.42 Å². The van der Waals surface area contributed by atoms with Crippen molar-refractivity contribution in [3.05, 3.63) is 24.2 Å². The van der Waals surface area contributed by atoms with Gasteiger partial charge in [0.25, 0.3) is 5.78 Å². The van der Waals surface area contributed by atoms with Crippen molar-refractivity contribution in [2.24, 2.45) is 0 Å². The third-order valence-electron chi connectivity index (χ3n) is 2.22. The van der Waals surface area contributed by atoms with Crippen LogP contribution in [0.5, 0.6) is 0 Å². The Balaban J connectivity index is 2.95. The summed E-state index contributed by atoms with van der Waals surface area (Å²) in [5.41, 5.74) is 0. The van der Waals surface area contributed by atoms with E-state index >= 15 is 0 Å². The summed E-state index contributed by atoms with van der Waals surface area (Å²) in [4.78, 5) is 11.9. The maximum Gasteiger partial charge on any atom is 0.256 e. The van der Waals surface area contributed by atoms with Crippen LogP contribution in [-0.4, -0.2) is 25.8 Å². The van der Waals surface area contributed by atoms with Crippen molar-refractivity contribution in [2.75, 3.05) is 14.2 Å². The van der Waals surface area contributed by atoms with Crippen LogP contribution in [0, 0.1) is 0 Å². The molecule has 0 spiro atoms. The molecule has 4 nitrogen and oxygen atoms in total. The molecule has 0 amide bonds. The van der Waals surface area contributed by atoms with E-state index in [1.165, 1.54) is 20.5 Å². The van der Waals surface area contributed by atoms with Crippen molar-refractivity contribution >= 4 is 5.78 Å². The number of furan rings is 1. The molecule has 1 aromatic rings. The minimum Gasteiger partial charge on any atom is -0.461 e. The van der Waals surface area contributed by atoms with Gasteiger partial charge in [-0.05, 0) is 12.1 Å². The van der Waals surface area contributed by atoms with Crippen molar-refractivity contribution in [1.29, 1.82) is 0 Å². The first kappa shape index (κ1) is 10.9. The first-order valence-corrected chi connectivity index (χ1v) is 4.38. The van der Waals surface area contributed by atoms with E-state index in [0.717, 1.165) is 0 Å². The maximum absolute atomic E-state index is 11.9. The average Bonchev–Trinajstić information content (AvgIpc) is 2.74. The zero-order valence-corrected chi connectivity index (χ0v) is 8.57. The molecule has 0 aliphatic carbocycles. The quantitative estimate of drug-likeness (QED) is 0.535. The smallest absolute Gasteiger partial charge is 0.256 e. The fourth-order valence-electron chi connectivity index (χ4n) is 1.31. The summed E-state index contributed by atoms with van der Waals surface area (Å²) in [6.07, 6.45) is 1.87. The molecular formula is C10H14O4. The second-order valence-corrected chi connectivity index (χ2v) is 2.82. The van der Waals surface area contributed by atoms with Gasteiger partial charge >= 0.3 is 0 Å². The normalized spacial score (nSPS) is 11.6. The number of carbonyl (C=O) groups excluding carboxylic acids is 1. The summed E-state index contributed by atoms with van der Waals surface area (Å²) in [5.74, 6) is -1.27. The summed E-state index contributed by atoms with van der Waals surface area (Å²) >= 11 is 0. The average molecular weight is 198 g/mol. The van der Waals surface area contributed by atoms with E-state index in [2.05, 4.69) is 0 Å². The number of carbonyl (C=O) groups is 1.